The number of likely N-dealkylation sites (tertiary alicyclic amines) is 1. The van der Waals surface area contributed by atoms with E-state index in [1.807, 2.05) is 0 Å². The van der Waals surface area contributed by atoms with Crippen LogP contribution in [0.15, 0.2) is 0 Å². The highest BCUT2D eigenvalue weighted by molar-refractivity contribution is 5.91. The van der Waals surface area contributed by atoms with Crippen LogP contribution in [-0.4, -0.2) is 52.7 Å². The van der Waals surface area contributed by atoms with Crippen molar-refractivity contribution in [3.8, 4) is 0 Å². The van der Waals surface area contributed by atoms with E-state index in [-0.39, 0.29) is 18.6 Å². The summed E-state index contributed by atoms with van der Waals surface area (Å²) in [5, 5.41) is 9.44. The van der Waals surface area contributed by atoms with E-state index in [4.69, 9.17) is 10.5 Å². The smallest absolute Gasteiger partial charge is 0.326 e. The third kappa shape index (κ3) is 2.11. The van der Waals surface area contributed by atoms with Crippen LogP contribution in [0, 0.1) is 5.92 Å². The van der Waals surface area contributed by atoms with Gasteiger partial charge in [0.2, 0.25) is 5.91 Å². The SMILES string of the molecule is NC1(C(=O)N2C(C(=O)O)CC3CCCCC32)CCOC1. The molecule has 20 heavy (non-hydrogen) atoms. The second-order valence-corrected chi connectivity index (χ2v) is 6.37. The van der Waals surface area contributed by atoms with Gasteiger partial charge < -0.3 is 20.5 Å². The first-order valence-electron chi connectivity index (χ1n) is 7.45. The number of fused-ring (bicyclic) bond motifs is 1. The first-order chi connectivity index (χ1) is 9.53. The average molecular weight is 282 g/mol. The van der Waals surface area contributed by atoms with E-state index in [9.17, 15) is 14.7 Å². The highest BCUT2D eigenvalue weighted by Crippen LogP contribution is 2.41. The van der Waals surface area contributed by atoms with Gasteiger partial charge in [-0.3, -0.25) is 4.79 Å². The summed E-state index contributed by atoms with van der Waals surface area (Å²) >= 11 is 0. The maximum absolute atomic E-state index is 12.8. The predicted octanol–water partition coefficient (Wildman–Crippen LogP) is 0.349. The second kappa shape index (κ2) is 5.00. The van der Waals surface area contributed by atoms with Crippen LogP contribution in [0.25, 0.3) is 0 Å². The van der Waals surface area contributed by atoms with E-state index in [1.165, 1.54) is 0 Å². The number of carboxylic acid groups (broad SMARTS) is 1. The number of nitrogens with two attached hydrogens (primary N) is 1. The molecule has 1 aliphatic carbocycles. The molecule has 1 saturated carbocycles. The first kappa shape index (κ1) is 13.8. The van der Waals surface area contributed by atoms with Gasteiger partial charge in [-0.2, -0.15) is 0 Å². The van der Waals surface area contributed by atoms with Crippen molar-refractivity contribution in [3.05, 3.63) is 0 Å². The monoisotopic (exact) mass is 282 g/mol. The number of carbonyl (C=O) groups excluding carboxylic acids is 1. The Morgan fingerprint density at radius 1 is 1.30 bits per heavy atom. The normalized spacial score (nSPS) is 40.6. The number of hydrogen-bond donors (Lipinski definition) is 2. The minimum atomic E-state index is -1.03. The van der Waals surface area contributed by atoms with Crippen LogP contribution in [0.2, 0.25) is 0 Å². The summed E-state index contributed by atoms with van der Waals surface area (Å²) in [5.41, 5.74) is 5.13. The summed E-state index contributed by atoms with van der Waals surface area (Å²) in [4.78, 5) is 25.9. The van der Waals surface area contributed by atoms with Crippen molar-refractivity contribution in [1.82, 2.24) is 4.90 Å². The van der Waals surface area contributed by atoms with Crippen LogP contribution in [0.4, 0.5) is 0 Å². The zero-order chi connectivity index (χ0) is 14.3. The lowest BCUT2D eigenvalue weighted by Gasteiger charge is -2.37. The zero-order valence-corrected chi connectivity index (χ0v) is 11.6. The van der Waals surface area contributed by atoms with E-state index in [0.717, 1.165) is 25.7 Å². The average Bonchev–Trinajstić information content (AvgIpc) is 3.02. The maximum Gasteiger partial charge on any atom is 0.326 e. The highest BCUT2D eigenvalue weighted by atomic mass is 16.5. The van der Waals surface area contributed by atoms with Crippen LogP contribution in [0.3, 0.4) is 0 Å². The van der Waals surface area contributed by atoms with Crippen LogP contribution in [0.1, 0.15) is 38.5 Å². The predicted molar refractivity (Wildman–Crippen MR) is 71.0 cm³/mol. The molecule has 0 aromatic carbocycles. The summed E-state index contributed by atoms with van der Waals surface area (Å²) in [5.74, 6) is -0.813. The molecule has 2 saturated heterocycles. The van der Waals surface area contributed by atoms with Gasteiger partial charge in [-0.15, -0.1) is 0 Å². The Morgan fingerprint density at radius 3 is 2.70 bits per heavy atom. The first-order valence-corrected chi connectivity index (χ1v) is 7.45. The number of amides is 1. The number of carboxylic acids is 1. The summed E-state index contributed by atoms with van der Waals surface area (Å²) in [6.07, 6.45) is 5.16. The molecule has 112 valence electrons. The third-order valence-corrected chi connectivity index (χ3v) is 5.09. The molecular formula is C14H22N2O4. The number of carbonyl (C=O) groups is 2. The van der Waals surface area contributed by atoms with Gasteiger partial charge in [-0.05, 0) is 31.6 Å². The van der Waals surface area contributed by atoms with E-state index in [2.05, 4.69) is 0 Å². The van der Waals surface area contributed by atoms with E-state index in [0.29, 0.717) is 25.4 Å². The quantitative estimate of drug-likeness (QED) is 0.762. The molecule has 2 heterocycles. The van der Waals surface area contributed by atoms with Gasteiger partial charge in [0.15, 0.2) is 0 Å². The lowest BCUT2D eigenvalue weighted by atomic mass is 9.84. The maximum atomic E-state index is 12.8. The third-order valence-electron chi connectivity index (χ3n) is 5.09. The van der Waals surface area contributed by atoms with Crippen LogP contribution in [-0.2, 0) is 14.3 Å². The summed E-state index contributed by atoms with van der Waals surface area (Å²) < 4.78 is 5.25. The number of hydrogen-bond acceptors (Lipinski definition) is 4. The number of rotatable bonds is 2. The van der Waals surface area contributed by atoms with Crippen molar-refractivity contribution in [1.29, 1.82) is 0 Å². The Balaban J connectivity index is 1.87. The zero-order valence-electron chi connectivity index (χ0n) is 11.6. The largest absolute Gasteiger partial charge is 0.480 e. The van der Waals surface area contributed by atoms with Gasteiger partial charge in [-0.25, -0.2) is 4.79 Å². The number of nitrogens with zero attached hydrogens (tertiary/aromatic N) is 1. The molecule has 3 rings (SSSR count). The minimum absolute atomic E-state index is 0.0541. The Hall–Kier alpha value is -1.14. The Bertz CT molecular complexity index is 419. The Morgan fingerprint density at radius 2 is 2.05 bits per heavy atom. The molecule has 2 aliphatic heterocycles. The Labute approximate surface area is 118 Å². The standard InChI is InChI=1S/C14H22N2O4/c15-14(5-6-20-8-14)13(19)16-10-4-2-1-3-9(10)7-11(16)12(17)18/h9-11H,1-8,15H2,(H,17,18). The van der Waals surface area contributed by atoms with Crippen molar-refractivity contribution in [2.24, 2.45) is 11.7 Å². The minimum Gasteiger partial charge on any atom is -0.480 e. The van der Waals surface area contributed by atoms with Gasteiger partial charge in [-0.1, -0.05) is 12.8 Å². The van der Waals surface area contributed by atoms with Crippen molar-refractivity contribution in [2.75, 3.05) is 13.2 Å². The van der Waals surface area contributed by atoms with Crippen molar-refractivity contribution in [2.45, 2.75) is 56.1 Å². The van der Waals surface area contributed by atoms with Crippen molar-refractivity contribution in [3.63, 3.8) is 0 Å². The molecule has 1 amide bonds. The van der Waals surface area contributed by atoms with E-state index >= 15 is 0 Å². The molecule has 6 heteroatoms. The Kier molecular flexibility index (Phi) is 3.46. The molecular weight excluding hydrogens is 260 g/mol. The fourth-order valence-corrected chi connectivity index (χ4v) is 3.98. The van der Waals surface area contributed by atoms with Gasteiger partial charge in [0.1, 0.15) is 11.6 Å². The molecule has 6 nitrogen and oxygen atoms in total. The van der Waals surface area contributed by atoms with E-state index in [1.54, 1.807) is 4.90 Å². The molecule has 0 aromatic rings. The van der Waals surface area contributed by atoms with E-state index < -0.39 is 17.6 Å². The number of aliphatic carboxylic acids is 1. The fraction of sp³-hybridized carbons (Fsp3) is 0.857. The summed E-state index contributed by atoms with van der Waals surface area (Å²) in [6.45, 7) is 0.675. The molecule has 4 unspecified atom stereocenters. The highest BCUT2D eigenvalue weighted by Gasteiger charge is 2.52. The van der Waals surface area contributed by atoms with Gasteiger partial charge in [0.05, 0.1) is 6.61 Å². The lowest BCUT2D eigenvalue weighted by Crippen LogP contribution is -2.60. The topological polar surface area (TPSA) is 92.9 Å². The van der Waals surface area contributed by atoms with Gasteiger partial charge in [0, 0.05) is 12.6 Å². The fourth-order valence-electron chi connectivity index (χ4n) is 3.98. The van der Waals surface area contributed by atoms with Crippen molar-refractivity contribution >= 4 is 11.9 Å². The lowest BCUT2D eigenvalue weighted by molar-refractivity contribution is -0.152. The van der Waals surface area contributed by atoms with Gasteiger partial charge >= 0.3 is 5.97 Å². The summed E-state index contributed by atoms with van der Waals surface area (Å²) in [6, 6.07) is -0.657. The second-order valence-electron chi connectivity index (χ2n) is 6.37. The summed E-state index contributed by atoms with van der Waals surface area (Å²) in [7, 11) is 0. The van der Waals surface area contributed by atoms with Crippen molar-refractivity contribution < 1.29 is 19.4 Å². The molecule has 3 N–H and O–H groups in total. The molecule has 3 aliphatic rings. The van der Waals surface area contributed by atoms with Gasteiger partial charge in [0.25, 0.3) is 0 Å². The van der Waals surface area contributed by atoms with Crippen LogP contribution in [0.5, 0.6) is 0 Å². The number of ether oxygens (including phenoxy) is 1. The van der Waals surface area contributed by atoms with Crippen LogP contribution < -0.4 is 5.73 Å². The molecule has 4 atom stereocenters. The molecule has 0 aromatic heterocycles. The molecule has 0 spiro atoms. The van der Waals surface area contributed by atoms with Crippen LogP contribution >= 0.6 is 0 Å². The molecule has 0 bridgehead atoms. The molecule has 0 radical (unpaired) electrons. The molecule has 3 fully saturated rings.